The lowest BCUT2D eigenvalue weighted by Gasteiger charge is -2.34. The fourth-order valence-electron chi connectivity index (χ4n) is 4.52. The number of nitrogens with one attached hydrogen (secondary N) is 1. The van der Waals surface area contributed by atoms with E-state index in [1.165, 1.54) is 16.7 Å². The van der Waals surface area contributed by atoms with Crippen LogP contribution in [0.3, 0.4) is 0 Å². The number of amides is 1. The molecular formula is C24H24ClN5O. The number of halogens is 1. The van der Waals surface area contributed by atoms with Crippen LogP contribution < -0.4 is 5.32 Å². The molecule has 0 aromatic heterocycles. The van der Waals surface area contributed by atoms with E-state index in [2.05, 4.69) is 80.1 Å². The summed E-state index contributed by atoms with van der Waals surface area (Å²) in [6.45, 7) is 2.31. The molecule has 0 bridgehead atoms. The molecule has 5 rings (SSSR count). The molecule has 1 saturated heterocycles. The quantitative estimate of drug-likeness (QED) is 0.794. The van der Waals surface area contributed by atoms with E-state index in [1.54, 1.807) is 0 Å². The number of allylic oxidation sites excluding steroid dienone is 2. The number of benzene rings is 2. The summed E-state index contributed by atoms with van der Waals surface area (Å²) >= 11 is 6.14. The highest BCUT2D eigenvalue weighted by Gasteiger charge is 2.41. The standard InChI is InChI=1S/C24H24ClN5O/c25-20-9-6-18(7-10-20)24-21(15-29-13-12-26-28-23(31)16-29)30-14-19(8-11-22(30)27-24)17-4-2-1-3-5-17/h1-11,14,21-22,24,27H,12-13,15-16H2. The van der Waals surface area contributed by atoms with Crippen molar-refractivity contribution >= 4 is 23.1 Å². The van der Waals surface area contributed by atoms with E-state index in [-0.39, 0.29) is 24.2 Å². The molecule has 0 spiro atoms. The lowest BCUT2D eigenvalue weighted by atomic mass is 9.98. The van der Waals surface area contributed by atoms with Crippen molar-refractivity contribution in [1.29, 1.82) is 0 Å². The Morgan fingerprint density at radius 2 is 1.90 bits per heavy atom. The molecule has 3 aliphatic heterocycles. The minimum atomic E-state index is -0.179. The summed E-state index contributed by atoms with van der Waals surface area (Å²) in [6.07, 6.45) is 6.72. The summed E-state index contributed by atoms with van der Waals surface area (Å²) in [5.74, 6) is -0.179. The first-order valence-electron chi connectivity index (χ1n) is 10.5. The molecule has 2 aromatic rings. The minimum absolute atomic E-state index is 0.0928. The summed E-state index contributed by atoms with van der Waals surface area (Å²) in [7, 11) is 0. The summed E-state index contributed by atoms with van der Waals surface area (Å²) in [6, 6.07) is 18.7. The van der Waals surface area contributed by atoms with Gasteiger partial charge in [-0.2, -0.15) is 5.11 Å². The van der Waals surface area contributed by atoms with Crippen molar-refractivity contribution in [1.82, 2.24) is 15.1 Å². The van der Waals surface area contributed by atoms with Crippen molar-refractivity contribution in [3.63, 3.8) is 0 Å². The van der Waals surface area contributed by atoms with Crippen LogP contribution in [0.5, 0.6) is 0 Å². The molecule has 158 valence electrons. The highest BCUT2D eigenvalue weighted by molar-refractivity contribution is 6.30. The molecular weight excluding hydrogens is 410 g/mol. The Kier molecular flexibility index (Phi) is 5.68. The average Bonchev–Trinajstić information content (AvgIpc) is 3.01. The fraction of sp³-hybridized carbons (Fsp3) is 0.292. The summed E-state index contributed by atoms with van der Waals surface area (Å²) in [5.41, 5.74) is 3.55. The van der Waals surface area contributed by atoms with Crippen LogP contribution in [-0.4, -0.2) is 54.1 Å². The number of nitrogens with zero attached hydrogens (tertiary/aromatic N) is 4. The minimum Gasteiger partial charge on any atom is -0.352 e. The molecule has 31 heavy (non-hydrogen) atoms. The van der Waals surface area contributed by atoms with E-state index >= 15 is 0 Å². The molecule has 1 amide bonds. The monoisotopic (exact) mass is 433 g/mol. The Morgan fingerprint density at radius 3 is 2.71 bits per heavy atom. The molecule has 3 heterocycles. The van der Waals surface area contributed by atoms with Gasteiger partial charge in [0, 0.05) is 24.3 Å². The largest absolute Gasteiger partial charge is 0.352 e. The van der Waals surface area contributed by atoms with Gasteiger partial charge in [-0.25, -0.2) is 0 Å². The van der Waals surface area contributed by atoms with E-state index in [0.29, 0.717) is 13.1 Å². The zero-order chi connectivity index (χ0) is 21.2. The third-order valence-corrected chi connectivity index (χ3v) is 6.28. The van der Waals surface area contributed by atoms with Gasteiger partial charge in [0.1, 0.15) is 0 Å². The average molecular weight is 434 g/mol. The number of hydrogen-bond donors (Lipinski definition) is 1. The number of azo groups is 1. The van der Waals surface area contributed by atoms with E-state index in [4.69, 9.17) is 11.6 Å². The smallest absolute Gasteiger partial charge is 0.278 e. The zero-order valence-electron chi connectivity index (χ0n) is 17.1. The van der Waals surface area contributed by atoms with E-state index in [1.807, 2.05) is 18.2 Å². The number of carbonyl (C=O) groups is 1. The lowest BCUT2D eigenvalue weighted by molar-refractivity contribution is -0.119. The first-order chi connectivity index (χ1) is 15.2. The van der Waals surface area contributed by atoms with Crippen LogP contribution in [0.25, 0.3) is 5.57 Å². The summed E-state index contributed by atoms with van der Waals surface area (Å²) in [5, 5.41) is 12.2. The molecule has 3 aliphatic rings. The summed E-state index contributed by atoms with van der Waals surface area (Å²) in [4.78, 5) is 16.5. The maximum absolute atomic E-state index is 12.0. The third-order valence-electron chi connectivity index (χ3n) is 6.02. The SMILES string of the molecule is O=C1CN(CC2C(c3ccc(Cl)cc3)NC3C=CC(c4ccccc4)=CN32)CCN=N1. The topological polar surface area (TPSA) is 60.3 Å². The van der Waals surface area contributed by atoms with Gasteiger partial charge in [0.05, 0.1) is 31.3 Å². The molecule has 0 radical (unpaired) electrons. The third kappa shape index (κ3) is 4.32. The van der Waals surface area contributed by atoms with Crippen LogP contribution in [-0.2, 0) is 4.79 Å². The first-order valence-corrected chi connectivity index (χ1v) is 10.9. The van der Waals surface area contributed by atoms with Crippen LogP contribution in [0.4, 0.5) is 0 Å². The molecule has 1 fully saturated rings. The Bertz CT molecular complexity index is 1030. The van der Waals surface area contributed by atoms with Gasteiger partial charge in [-0.3, -0.25) is 15.0 Å². The molecule has 7 heteroatoms. The van der Waals surface area contributed by atoms with E-state index < -0.39 is 0 Å². The van der Waals surface area contributed by atoms with Gasteiger partial charge in [0.25, 0.3) is 5.91 Å². The Hall–Kier alpha value is -2.80. The van der Waals surface area contributed by atoms with Gasteiger partial charge < -0.3 is 4.90 Å². The molecule has 3 unspecified atom stereocenters. The Labute approximate surface area is 186 Å². The van der Waals surface area contributed by atoms with Crippen molar-refractivity contribution in [3.05, 3.63) is 89.1 Å². The normalized spacial score (nSPS) is 26.0. The lowest BCUT2D eigenvalue weighted by Crippen LogP contribution is -2.44. The van der Waals surface area contributed by atoms with Gasteiger partial charge in [-0.1, -0.05) is 60.1 Å². The molecule has 3 atom stereocenters. The van der Waals surface area contributed by atoms with Crippen LogP contribution in [0.1, 0.15) is 17.2 Å². The fourth-order valence-corrected chi connectivity index (χ4v) is 4.64. The van der Waals surface area contributed by atoms with Crippen molar-refractivity contribution in [2.75, 3.05) is 26.2 Å². The van der Waals surface area contributed by atoms with Gasteiger partial charge in [0.15, 0.2) is 0 Å². The number of carbonyl (C=O) groups excluding carboxylic acids is 1. The second-order valence-corrected chi connectivity index (χ2v) is 8.50. The van der Waals surface area contributed by atoms with Crippen molar-refractivity contribution < 1.29 is 4.79 Å². The molecule has 2 aromatic carbocycles. The van der Waals surface area contributed by atoms with Crippen LogP contribution in [0.15, 0.2) is 83.2 Å². The molecule has 6 nitrogen and oxygen atoms in total. The van der Waals surface area contributed by atoms with Crippen molar-refractivity contribution in [2.24, 2.45) is 10.2 Å². The second kappa shape index (κ2) is 8.75. The van der Waals surface area contributed by atoms with Gasteiger partial charge in [-0.05, 0) is 34.9 Å². The predicted octanol–water partition coefficient (Wildman–Crippen LogP) is 3.89. The van der Waals surface area contributed by atoms with Crippen molar-refractivity contribution in [2.45, 2.75) is 18.2 Å². The van der Waals surface area contributed by atoms with E-state index in [9.17, 15) is 4.79 Å². The van der Waals surface area contributed by atoms with Gasteiger partial charge in [-0.15, -0.1) is 5.11 Å². The van der Waals surface area contributed by atoms with Gasteiger partial charge >= 0.3 is 0 Å². The predicted molar refractivity (Wildman–Crippen MR) is 121 cm³/mol. The number of fused-ring (bicyclic) bond motifs is 1. The van der Waals surface area contributed by atoms with Crippen LogP contribution >= 0.6 is 11.6 Å². The highest BCUT2D eigenvalue weighted by Crippen LogP contribution is 2.35. The number of hydrogen-bond acceptors (Lipinski definition) is 5. The van der Waals surface area contributed by atoms with Crippen molar-refractivity contribution in [3.8, 4) is 0 Å². The molecule has 0 saturated carbocycles. The highest BCUT2D eigenvalue weighted by atomic mass is 35.5. The van der Waals surface area contributed by atoms with Gasteiger partial charge in [0.2, 0.25) is 0 Å². The molecule has 0 aliphatic carbocycles. The number of rotatable bonds is 4. The Morgan fingerprint density at radius 1 is 1.10 bits per heavy atom. The first kappa shape index (κ1) is 20.1. The summed E-state index contributed by atoms with van der Waals surface area (Å²) < 4.78 is 0. The van der Waals surface area contributed by atoms with Crippen LogP contribution in [0, 0.1) is 0 Å². The Balaban J connectivity index is 1.47. The maximum Gasteiger partial charge on any atom is 0.278 e. The van der Waals surface area contributed by atoms with E-state index in [0.717, 1.165) is 18.1 Å². The van der Waals surface area contributed by atoms with Crippen LogP contribution in [0.2, 0.25) is 5.02 Å². The maximum atomic E-state index is 12.0. The second-order valence-electron chi connectivity index (χ2n) is 8.06. The molecule has 1 N–H and O–H groups in total. The zero-order valence-corrected chi connectivity index (χ0v) is 17.8.